The van der Waals surface area contributed by atoms with Gasteiger partial charge in [0.05, 0.1) is 42.8 Å². The number of carbonyl (C=O) groups is 3. The van der Waals surface area contributed by atoms with Crippen molar-refractivity contribution in [2.45, 2.75) is 13.1 Å². The van der Waals surface area contributed by atoms with E-state index < -0.39 is 23.6 Å². The van der Waals surface area contributed by atoms with Crippen molar-refractivity contribution in [1.82, 2.24) is 9.80 Å². The number of esters is 1. The Morgan fingerprint density at radius 3 is 2.39 bits per heavy atom. The molecule has 0 saturated carbocycles. The molecule has 9 nitrogen and oxygen atoms in total. The zero-order chi connectivity index (χ0) is 24.3. The van der Waals surface area contributed by atoms with Crippen LogP contribution in [-0.4, -0.2) is 85.7 Å². The van der Waals surface area contributed by atoms with Gasteiger partial charge in [-0.15, -0.1) is 0 Å². The monoisotopic (exact) mass is 470 g/mol. The molecule has 0 aliphatic carbocycles. The van der Waals surface area contributed by atoms with E-state index >= 15 is 0 Å². The Bertz CT molecular complexity index is 971. The molecule has 0 unspecified atom stereocenters. The van der Waals surface area contributed by atoms with Crippen LogP contribution in [0.25, 0.3) is 0 Å². The van der Waals surface area contributed by atoms with Gasteiger partial charge in [0.25, 0.3) is 5.91 Å². The Hall–Kier alpha value is -3.28. The molecule has 0 spiro atoms. The lowest BCUT2D eigenvalue weighted by Crippen LogP contribution is -2.48. The molecule has 0 radical (unpaired) electrons. The highest BCUT2D eigenvalue weighted by molar-refractivity contribution is 6.09. The van der Waals surface area contributed by atoms with Crippen molar-refractivity contribution in [3.8, 4) is 0 Å². The highest BCUT2D eigenvalue weighted by Crippen LogP contribution is 2.37. The van der Waals surface area contributed by atoms with Gasteiger partial charge in [-0.2, -0.15) is 13.2 Å². The number of nitrogens with one attached hydrogen (secondary N) is 1. The highest BCUT2D eigenvalue weighted by atomic mass is 19.4. The van der Waals surface area contributed by atoms with Crippen molar-refractivity contribution in [1.29, 1.82) is 0 Å². The van der Waals surface area contributed by atoms with E-state index in [0.29, 0.717) is 31.9 Å². The van der Waals surface area contributed by atoms with E-state index in [-0.39, 0.29) is 42.6 Å². The van der Waals surface area contributed by atoms with Crippen LogP contribution in [0.15, 0.2) is 29.5 Å². The first-order valence-electron chi connectivity index (χ1n) is 10.3. The minimum atomic E-state index is -4.62. The number of hydrogen-bond donors (Lipinski definition) is 2. The van der Waals surface area contributed by atoms with Crippen molar-refractivity contribution < 1.29 is 37.4 Å². The predicted octanol–water partition coefficient (Wildman–Crippen LogP) is 1.05. The van der Waals surface area contributed by atoms with Gasteiger partial charge < -0.3 is 29.9 Å². The van der Waals surface area contributed by atoms with Gasteiger partial charge in [0, 0.05) is 39.6 Å². The number of aliphatic hydroxyl groups excluding tert-OH is 1. The van der Waals surface area contributed by atoms with Crippen molar-refractivity contribution in [3.05, 3.63) is 35.0 Å². The number of β-amino-alcohol motifs (C(OH)–C–C–N with tert-alkyl or cyclic N) is 1. The van der Waals surface area contributed by atoms with Crippen LogP contribution in [0.4, 0.5) is 24.5 Å². The first-order chi connectivity index (χ1) is 15.6. The second-order valence-electron chi connectivity index (χ2n) is 7.64. The minimum absolute atomic E-state index is 0.00305. The Labute approximate surface area is 188 Å². The van der Waals surface area contributed by atoms with E-state index in [1.54, 1.807) is 4.90 Å². The maximum Gasteiger partial charge on any atom is 0.416 e. The minimum Gasteiger partial charge on any atom is -0.466 e. The van der Waals surface area contributed by atoms with Crippen LogP contribution in [-0.2, 0) is 25.3 Å². The van der Waals surface area contributed by atoms with E-state index in [1.165, 1.54) is 17.9 Å². The number of hydrogen-bond acceptors (Lipinski definition) is 7. The number of halogens is 3. The van der Waals surface area contributed by atoms with Crippen molar-refractivity contribution in [3.63, 3.8) is 0 Å². The number of ether oxygens (including phenoxy) is 1. The lowest BCUT2D eigenvalue weighted by molar-refractivity contribution is -0.138. The summed E-state index contributed by atoms with van der Waals surface area (Å²) in [4.78, 5) is 41.3. The predicted molar refractivity (Wildman–Crippen MR) is 112 cm³/mol. The van der Waals surface area contributed by atoms with Gasteiger partial charge in [-0.05, 0) is 18.2 Å². The fourth-order valence-corrected chi connectivity index (χ4v) is 3.83. The molecule has 2 amide bonds. The third-order valence-electron chi connectivity index (χ3n) is 5.60. The number of rotatable bonds is 6. The second-order valence-corrected chi connectivity index (χ2v) is 7.64. The molecule has 0 bridgehead atoms. The van der Waals surface area contributed by atoms with Crippen LogP contribution in [0.3, 0.4) is 0 Å². The van der Waals surface area contributed by atoms with Gasteiger partial charge in [-0.25, -0.2) is 4.79 Å². The van der Waals surface area contributed by atoms with E-state index in [4.69, 9.17) is 4.74 Å². The lowest BCUT2D eigenvalue weighted by Gasteiger charge is -2.36. The van der Waals surface area contributed by atoms with Crippen LogP contribution in [0.1, 0.15) is 12.5 Å². The molecule has 1 fully saturated rings. The number of methoxy groups -OCH3 is 1. The molecule has 3 rings (SSSR count). The van der Waals surface area contributed by atoms with Gasteiger partial charge in [0.15, 0.2) is 0 Å². The van der Waals surface area contributed by atoms with Crippen molar-refractivity contribution in [2.75, 3.05) is 63.2 Å². The zero-order valence-electron chi connectivity index (χ0n) is 18.2. The maximum absolute atomic E-state index is 13.4. The summed E-state index contributed by atoms with van der Waals surface area (Å²) >= 11 is 0. The lowest BCUT2D eigenvalue weighted by atomic mass is 10.1. The van der Waals surface area contributed by atoms with Crippen LogP contribution >= 0.6 is 0 Å². The zero-order valence-corrected chi connectivity index (χ0v) is 18.2. The van der Waals surface area contributed by atoms with Crippen LogP contribution in [0.5, 0.6) is 0 Å². The summed E-state index contributed by atoms with van der Waals surface area (Å²) in [7, 11) is 1.14. The number of nitrogens with zero attached hydrogens (tertiary/aromatic N) is 3. The van der Waals surface area contributed by atoms with E-state index in [2.05, 4.69) is 5.32 Å². The second kappa shape index (κ2) is 9.69. The SMILES string of the molecule is COC(=O)C1=C(Nc2cc(C(F)(F)F)ccc2N2CCN(C(C)=O)CC2)C(=O)N(CCO)C1. The molecule has 33 heavy (non-hydrogen) atoms. The Kier molecular flexibility index (Phi) is 7.15. The number of amides is 2. The normalized spacial score (nSPS) is 17.0. The average molecular weight is 470 g/mol. The fraction of sp³-hybridized carbons (Fsp3) is 0.476. The molecule has 2 aliphatic heterocycles. The summed E-state index contributed by atoms with van der Waals surface area (Å²) in [6, 6.07) is 3.14. The standard InChI is InChI=1S/C21H25F3N4O5/c1-13(30)26-5-7-27(8-6-26)17-4-3-14(21(22,23)24)11-16(17)25-18-15(20(32)33-2)12-28(9-10-29)19(18)31/h3-4,11,25,29H,5-10,12H2,1-2H3. The number of carbonyl (C=O) groups excluding carboxylic acids is 3. The third-order valence-corrected chi connectivity index (χ3v) is 5.60. The molecule has 0 atom stereocenters. The number of anilines is 2. The summed E-state index contributed by atoms with van der Waals surface area (Å²) in [5.74, 6) is -1.52. The molecule has 1 aromatic carbocycles. The molecule has 2 aliphatic rings. The van der Waals surface area contributed by atoms with Gasteiger partial charge in [0.2, 0.25) is 5.91 Å². The fourth-order valence-electron chi connectivity index (χ4n) is 3.83. The molecule has 12 heteroatoms. The van der Waals surface area contributed by atoms with Gasteiger partial charge >= 0.3 is 12.1 Å². The van der Waals surface area contributed by atoms with Gasteiger partial charge in [-0.1, -0.05) is 0 Å². The summed E-state index contributed by atoms with van der Waals surface area (Å²) in [6.07, 6.45) is -4.62. The Morgan fingerprint density at radius 2 is 1.85 bits per heavy atom. The number of alkyl halides is 3. The van der Waals surface area contributed by atoms with E-state index in [0.717, 1.165) is 19.2 Å². The van der Waals surface area contributed by atoms with E-state index in [1.807, 2.05) is 4.90 Å². The first kappa shape index (κ1) is 24.4. The first-order valence-corrected chi connectivity index (χ1v) is 10.3. The summed E-state index contributed by atoms with van der Waals surface area (Å²) in [5, 5.41) is 11.9. The van der Waals surface area contributed by atoms with Crippen LogP contribution in [0.2, 0.25) is 0 Å². The molecule has 1 aromatic rings. The number of benzene rings is 1. The van der Waals surface area contributed by atoms with Crippen molar-refractivity contribution >= 4 is 29.2 Å². The molecular weight excluding hydrogens is 445 g/mol. The summed E-state index contributed by atoms with van der Waals surface area (Å²) in [5.41, 5.74) is -0.763. The van der Waals surface area contributed by atoms with Crippen molar-refractivity contribution in [2.24, 2.45) is 0 Å². The van der Waals surface area contributed by atoms with Gasteiger partial charge in [-0.3, -0.25) is 9.59 Å². The van der Waals surface area contributed by atoms with Crippen LogP contribution < -0.4 is 10.2 Å². The summed E-state index contributed by atoms with van der Waals surface area (Å²) < 4.78 is 45.0. The third kappa shape index (κ3) is 5.21. The average Bonchev–Trinajstić information content (AvgIpc) is 3.08. The smallest absolute Gasteiger partial charge is 0.416 e. The topological polar surface area (TPSA) is 102 Å². The number of piperazine rings is 1. The largest absolute Gasteiger partial charge is 0.466 e. The molecular formula is C21H25F3N4O5. The quantitative estimate of drug-likeness (QED) is 0.600. The Balaban J connectivity index is 2.00. The van der Waals surface area contributed by atoms with Crippen LogP contribution in [0, 0.1) is 0 Å². The maximum atomic E-state index is 13.4. The highest BCUT2D eigenvalue weighted by Gasteiger charge is 2.36. The molecule has 2 heterocycles. The molecule has 180 valence electrons. The molecule has 1 saturated heterocycles. The van der Waals surface area contributed by atoms with E-state index in [9.17, 15) is 32.7 Å². The number of aliphatic hydroxyl groups is 1. The Morgan fingerprint density at radius 1 is 1.18 bits per heavy atom. The molecule has 2 N–H and O–H groups in total. The summed E-state index contributed by atoms with van der Waals surface area (Å²) in [6.45, 7) is 2.48. The molecule has 0 aromatic heterocycles. The van der Waals surface area contributed by atoms with Gasteiger partial charge in [0.1, 0.15) is 5.70 Å².